The Morgan fingerprint density at radius 1 is 1.17 bits per heavy atom. The number of benzene rings is 2. The van der Waals surface area contributed by atoms with Gasteiger partial charge in [-0.25, -0.2) is 0 Å². The van der Waals surface area contributed by atoms with E-state index in [9.17, 15) is 23.1 Å². The Bertz CT molecular complexity index is 758. The first-order valence-electron chi connectivity index (χ1n) is 7.56. The van der Waals surface area contributed by atoms with Crippen molar-refractivity contribution < 1.29 is 23.1 Å². The first kappa shape index (κ1) is 16.5. The number of halogens is 3. The van der Waals surface area contributed by atoms with Crippen molar-refractivity contribution in [3.05, 3.63) is 70.8 Å². The van der Waals surface area contributed by atoms with Crippen molar-refractivity contribution in [2.45, 2.75) is 31.2 Å². The van der Waals surface area contributed by atoms with Crippen molar-refractivity contribution in [2.24, 2.45) is 0 Å². The molecule has 2 atom stereocenters. The van der Waals surface area contributed by atoms with Crippen LogP contribution in [0.5, 0.6) is 0 Å². The molecule has 3 nitrogen and oxygen atoms in total. The van der Waals surface area contributed by atoms with Crippen LogP contribution in [0, 0.1) is 0 Å². The van der Waals surface area contributed by atoms with E-state index in [4.69, 9.17) is 0 Å². The predicted octanol–water partition coefficient (Wildman–Crippen LogP) is 3.02. The van der Waals surface area contributed by atoms with Crippen LogP contribution in [-0.2, 0) is 23.8 Å². The van der Waals surface area contributed by atoms with E-state index in [0.29, 0.717) is 6.42 Å². The summed E-state index contributed by atoms with van der Waals surface area (Å²) in [6.45, 7) is 0. The maximum Gasteiger partial charge on any atom is 0.416 e. The highest BCUT2D eigenvalue weighted by Crippen LogP contribution is 2.32. The topological polar surface area (TPSA) is 49.3 Å². The molecule has 0 unspecified atom stereocenters. The molecule has 0 bridgehead atoms. The van der Waals surface area contributed by atoms with Gasteiger partial charge in [-0.3, -0.25) is 4.79 Å². The summed E-state index contributed by atoms with van der Waals surface area (Å²) < 4.78 is 38.1. The van der Waals surface area contributed by atoms with Crippen molar-refractivity contribution in [3.8, 4) is 0 Å². The largest absolute Gasteiger partial charge is 0.416 e. The second-order valence-corrected chi connectivity index (χ2v) is 5.89. The quantitative estimate of drug-likeness (QED) is 0.906. The number of carbonyl (C=O) groups excluding carboxylic acids is 1. The predicted molar refractivity (Wildman–Crippen MR) is 82.2 cm³/mol. The Kier molecular flexibility index (Phi) is 4.32. The number of alkyl halides is 3. The third-order valence-corrected chi connectivity index (χ3v) is 4.14. The molecule has 2 aromatic carbocycles. The van der Waals surface area contributed by atoms with Crippen LogP contribution in [0.25, 0.3) is 0 Å². The minimum Gasteiger partial charge on any atom is -0.390 e. The lowest BCUT2D eigenvalue weighted by atomic mass is 10.1. The minimum atomic E-state index is -4.44. The fourth-order valence-corrected chi connectivity index (χ4v) is 3.02. The molecule has 1 aliphatic carbocycles. The highest BCUT2D eigenvalue weighted by molar-refractivity contribution is 5.79. The molecule has 0 spiro atoms. The number of fused-ring (bicyclic) bond motifs is 1. The number of nitrogens with one attached hydrogen (secondary N) is 1. The molecule has 0 heterocycles. The number of hydrogen-bond acceptors (Lipinski definition) is 2. The number of carbonyl (C=O) groups is 1. The van der Waals surface area contributed by atoms with Gasteiger partial charge in [0.2, 0.25) is 5.91 Å². The van der Waals surface area contributed by atoms with E-state index >= 15 is 0 Å². The van der Waals surface area contributed by atoms with E-state index in [0.717, 1.165) is 23.3 Å². The number of amides is 1. The Morgan fingerprint density at radius 2 is 1.92 bits per heavy atom. The van der Waals surface area contributed by atoms with Gasteiger partial charge >= 0.3 is 6.18 Å². The van der Waals surface area contributed by atoms with Gasteiger partial charge in [-0.2, -0.15) is 13.2 Å². The summed E-state index contributed by atoms with van der Waals surface area (Å²) in [6.07, 6.45) is -4.89. The highest BCUT2D eigenvalue weighted by atomic mass is 19.4. The molecule has 0 saturated carbocycles. The van der Waals surface area contributed by atoms with Crippen LogP contribution < -0.4 is 5.32 Å². The number of aliphatic hydroxyl groups excluding tert-OH is 1. The van der Waals surface area contributed by atoms with Crippen LogP contribution in [0.15, 0.2) is 48.5 Å². The molecule has 2 aromatic rings. The van der Waals surface area contributed by atoms with Crippen LogP contribution in [0.4, 0.5) is 13.2 Å². The molecule has 24 heavy (non-hydrogen) atoms. The first-order valence-corrected chi connectivity index (χ1v) is 7.56. The molecule has 6 heteroatoms. The van der Waals surface area contributed by atoms with Crippen LogP contribution in [0.3, 0.4) is 0 Å². The van der Waals surface area contributed by atoms with Crippen LogP contribution in [0.1, 0.15) is 28.3 Å². The Morgan fingerprint density at radius 3 is 2.67 bits per heavy atom. The molecular formula is C18H16F3NO2. The molecule has 126 valence electrons. The molecular weight excluding hydrogens is 319 g/mol. The van der Waals surface area contributed by atoms with Gasteiger partial charge in [-0.15, -0.1) is 0 Å². The highest BCUT2D eigenvalue weighted by Gasteiger charge is 2.32. The van der Waals surface area contributed by atoms with Gasteiger partial charge in [0.15, 0.2) is 0 Å². The Hall–Kier alpha value is -2.34. The van der Waals surface area contributed by atoms with Gasteiger partial charge in [-0.1, -0.05) is 42.5 Å². The van der Waals surface area contributed by atoms with E-state index in [1.807, 2.05) is 24.3 Å². The normalized spacial score (nSPS) is 19.8. The second kappa shape index (κ2) is 6.28. The Balaban J connectivity index is 1.71. The summed E-state index contributed by atoms with van der Waals surface area (Å²) in [4.78, 5) is 12.2. The fourth-order valence-electron chi connectivity index (χ4n) is 3.02. The lowest BCUT2D eigenvalue weighted by Gasteiger charge is -2.18. The van der Waals surface area contributed by atoms with E-state index in [1.165, 1.54) is 12.1 Å². The summed E-state index contributed by atoms with van der Waals surface area (Å²) >= 11 is 0. The van der Waals surface area contributed by atoms with E-state index in [2.05, 4.69) is 5.32 Å². The molecule has 0 fully saturated rings. The maximum atomic E-state index is 12.7. The summed E-state index contributed by atoms with van der Waals surface area (Å²) in [5.74, 6) is -0.421. The molecule has 0 saturated heterocycles. The van der Waals surface area contributed by atoms with E-state index in [-0.39, 0.29) is 12.0 Å². The number of hydrogen-bond donors (Lipinski definition) is 2. The zero-order valence-corrected chi connectivity index (χ0v) is 12.7. The molecule has 3 rings (SSSR count). The van der Waals surface area contributed by atoms with Crippen molar-refractivity contribution in [1.29, 1.82) is 0 Å². The monoisotopic (exact) mass is 335 g/mol. The molecule has 0 radical (unpaired) electrons. The fraction of sp³-hybridized carbons (Fsp3) is 0.278. The van der Waals surface area contributed by atoms with Crippen molar-refractivity contribution in [3.63, 3.8) is 0 Å². The summed E-state index contributed by atoms with van der Waals surface area (Å²) in [6, 6.07) is 11.6. The average molecular weight is 335 g/mol. The SMILES string of the molecule is O=C(Cc1cccc(C(F)(F)F)c1)N[C@@H]1c2ccccc2C[C@@H]1O. The van der Waals surface area contributed by atoms with Gasteiger partial charge in [0.05, 0.1) is 24.1 Å². The van der Waals surface area contributed by atoms with Gasteiger partial charge < -0.3 is 10.4 Å². The van der Waals surface area contributed by atoms with Crippen molar-refractivity contribution in [2.75, 3.05) is 0 Å². The average Bonchev–Trinajstić information content (AvgIpc) is 2.83. The zero-order valence-electron chi connectivity index (χ0n) is 12.7. The van der Waals surface area contributed by atoms with Crippen molar-refractivity contribution >= 4 is 5.91 Å². The van der Waals surface area contributed by atoms with Gasteiger partial charge in [0.25, 0.3) is 0 Å². The minimum absolute atomic E-state index is 0.171. The lowest BCUT2D eigenvalue weighted by Crippen LogP contribution is -2.34. The molecule has 2 N–H and O–H groups in total. The third kappa shape index (κ3) is 3.43. The summed E-state index contributed by atoms with van der Waals surface area (Å²) in [7, 11) is 0. The summed E-state index contributed by atoms with van der Waals surface area (Å²) in [5, 5.41) is 12.8. The van der Waals surface area contributed by atoms with E-state index in [1.54, 1.807) is 0 Å². The second-order valence-electron chi connectivity index (χ2n) is 5.89. The number of aliphatic hydroxyl groups is 1. The molecule has 0 aliphatic heterocycles. The maximum absolute atomic E-state index is 12.7. The van der Waals surface area contributed by atoms with Gasteiger partial charge in [-0.05, 0) is 22.8 Å². The molecule has 0 aromatic heterocycles. The zero-order chi connectivity index (χ0) is 17.3. The lowest BCUT2D eigenvalue weighted by molar-refractivity contribution is -0.137. The summed E-state index contributed by atoms with van der Waals surface area (Å²) in [5.41, 5.74) is 1.32. The van der Waals surface area contributed by atoms with Crippen LogP contribution >= 0.6 is 0 Å². The first-order chi connectivity index (χ1) is 11.3. The molecule has 1 aliphatic rings. The standard InChI is InChI=1S/C18H16F3NO2/c19-18(20,21)13-6-3-4-11(8-13)9-16(24)22-17-14-7-2-1-5-12(14)10-15(17)23/h1-8,15,17,23H,9-10H2,(H,22,24)/t15-,17+/m0/s1. The Labute approximate surface area is 137 Å². The molecule has 1 amide bonds. The van der Waals surface area contributed by atoms with Gasteiger partial charge in [0, 0.05) is 6.42 Å². The smallest absolute Gasteiger partial charge is 0.390 e. The van der Waals surface area contributed by atoms with Crippen LogP contribution in [-0.4, -0.2) is 17.1 Å². The number of rotatable bonds is 3. The third-order valence-electron chi connectivity index (χ3n) is 4.14. The van der Waals surface area contributed by atoms with Gasteiger partial charge in [0.1, 0.15) is 0 Å². The van der Waals surface area contributed by atoms with E-state index < -0.39 is 29.8 Å². The van der Waals surface area contributed by atoms with Crippen LogP contribution in [0.2, 0.25) is 0 Å². The van der Waals surface area contributed by atoms with Crippen molar-refractivity contribution in [1.82, 2.24) is 5.32 Å².